The zero-order chi connectivity index (χ0) is 101. The molecule has 0 bridgehead atoms. The number of Topliss-reactive ketones (excluding diaryl/α,β-unsaturated/α-hetero) is 2. The van der Waals surface area contributed by atoms with Gasteiger partial charge in [0.2, 0.25) is 76.8 Å². The molecule has 0 aliphatic carbocycles. The lowest BCUT2D eigenvalue weighted by Crippen LogP contribution is -2.58. The normalized spacial score (nSPS) is 17.7. The molecule has 3 fully saturated rings. The molecule has 1 aromatic heterocycles. The molecular weight excluding hydrogens is 1840 g/mol. The molecule has 3 aliphatic heterocycles. The molecule has 0 radical (unpaired) electrons. The zero-order valence-electron chi connectivity index (χ0n) is 78.4. The minimum absolute atomic E-state index is 0.00160. The number of carboxylic acids is 4. The van der Waals surface area contributed by atoms with Crippen LogP contribution in [0.5, 0.6) is 0 Å². The van der Waals surface area contributed by atoms with Gasteiger partial charge < -0.3 is 109 Å². The first kappa shape index (κ1) is 115. The fourth-order valence-electron chi connectivity index (χ4n) is 14.6. The Morgan fingerprint density at radius 1 is 0.518 bits per heavy atom. The van der Waals surface area contributed by atoms with Crippen LogP contribution in [0.2, 0.25) is 0 Å². The number of rotatable bonds is 62. The predicted molar refractivity (Wildman–Crippen MR) is 499 cm³/mol. The Kier molecular flexibility index (Phi) is 54.1. The van der Waals surface area contributed by atoms with Crippen LogP contribution < -0.4 is 69.5 Å². The first-order valence-electron chi connectivity index (χ1n) is 46.4. The van der Waals surface area contributed by atoms with Gasteiger partial charge in [0.25, 0.3) is 0 Å². The van der Waals surface area contributed by atoms with Crippen molar-refractivity contribution in [3.05, 3.63) is 77.6 Å². The number of ketones is 2. The second-order valence-corrected chi connectivity index (χ2v) is 34.7. The SMILES string of the molecule is CC(=O)CC(=O)CCc1ccc(NC(=O)CCCCSC2CC(=O)N(CCC(=O)NC(CCCCNC(=O)Cn3cc(CNC(=O)CN4CCN(CC(=O)O)CCN(CC(=O)O)CCN(CC(=O)O)CC4)nn3)C(=O)NCCOCCOCCOCCOCCC(=O)NCCCC[C@@H]3NC(=O)[C@@H](Cc4ccccc4)NC(=O)[C@H](CC(=O)O)NC(=O)CNC(=O)[C@H](CCCNC(=N)N)NC3=O)C2=O)cc1. The lowest BCUT2D eigenvalue weighted by molar-refractivity contribution is -0.141. The van der Waals surface area contributed by atoms with Crippen molar-refractivity contribution in [3.8, 4) is 0 Å². The van der Waals surface area contributed by atoms with E-state index in [-0.39, 0.29) is 284 Å². The Morgan fingerprint density at radius 3 is 1.67 bits per heavy atom. The number of nitrogens with two attached hydrogens (primary N) is 1. The number of aromatic nitrogens is 3. The highest BCUT2D eigenvalue weighted by atomic mass is 32.2. The Labute approximate surface area is 808 Å². The van der Waals surface area contributed by atoms with E-state index in [1.165, 1.54) is 29.6 Å². The van der Waals surface area contributed by atoms with Crippen LogP contribution in [0.15, 0.2) is 60.8 Å². The first-order chi connectivity index (χ1) is 66.6. The number of nitrogens with one attached hydrogen (secondary N) is 13. The number of carbonyl (C=O) groups is 19. The number of imide groups is 1. The van der Waals surface area contributed by atoms with Crippen molar-refractivity contribution in [1.29, 1.82) is 5.41 Å². The molecule has 49 nitrogen and oxygen atoms in total. The van der Waals surface area contributed by atoms with Gasteiger partial charge in [-0.25, -0.2) is 4.68 Å². The Bertz CT molecular complexity index is 4510. The number of anilines is 1. The van der Waals surface area contributed by atoms with E-state index >= 15 is 0 Å². The summed E-state index contributed by atoms with van der Waals surface area (Å²) in [4.78, 5) is 252. The standard InChI is InChI=1S/C89H134N22O27S/c1-60(112)48-65(113)23-20-61-18-21-63(22-19-61)98-73(115)17-7-10-47-139-71-51-78(120)111(88(71)134)30-24-74(116)99-66(14-5-9-27-93-77(119)56-110-54-64(104-105-110)52-96-76(118)55-106-31-33-107(57-80(123)124)35-37-109(59-82(127)128)38-36-108(34-32-106)58-81(125)126)83(129)94-29-40-136-42-44-138-46-45-137-43-41-135-39-25-72(114)92-26-8-6-15-68-85(131)101-67(16-11-28-95-89(90)91)84(130)97-53-75(117)100-70(50-79(121)122)87(133)103-69(86(132)102-68)49-62-12-3-2-4-13-62/h2-4,12-13,18-19,21-22,54,66-71H,5-11,14-17,20,23-53,55-59H2,1H3,(H,92,114)(H,93,119)(H,94,129)(H,96,118)(H,97,130)(H,98,115)(H,99,116)(H,100,117)(H,101,131)(H,102,132)(H,103,133)(H,121,122)(H,123,124)(H,125,126)(H,127,128)(H4,90,91,95)/t66?,67-,68-,69+,70-,71?/m0/s1. The molecule has 2 aromatic carbocycles. The summed E-state index contributed by atoms with van der Waals surface area (Å²) in [5.74, 6) is -12.7. The largest absolute Gasteiger partial charge is 0.481 e. The van der Waals surface area contributed by atoms with Gasteiger partial charge in [0.05, 0.1) is 116 Å². The highest BCUT2D eigenvalue weighted by Crippen LogP contribution is 2.27. The summed E-state index contributed by atoms with van der Waals surface area (Å²) in [6.07, 6.45) is 3.53. The number of aryl methyl sites for hydroxylation is 1. The minimum Gasteiger partial charge on any atom is -0.481 e. The Balaban J connectivity index is 0.904. The van der Waals surface area contributed by atoms with E-state index in [1.54, 1.807) is 74.2 Å². The van der Waals surface area contributed by atoms with Gasteiger partial charge in [-0.2, -0.15) is 0 Å². The first-order valence-corrected chi connectivity index (χ1v) is 47.5. The number of hydrogen-bond donors (Lipinski definition) is 18. The molecule has 0 saturated carbocycles. The van der Waals surface area contributed by atoms with E-state index in [0.717, 1.165) is 10.5 Å². The maximum Gasteiger partial charge on any atom is 0.317 e. The molecular formula is C89H134N22O27S. The summed E-state index contributed by atoms with van der Waals surface area (Å²) in [6.45, 7) is 2.26. The molecule has 6 rings (SSSR count). The summed E-state index contributed by atoms with van der Waals surface area (Å²) in [7, 11) is 0. The van der Waals surface area contributed by atoms with E-state index in [9.17, 15) is 112 Å². The minimum atomic E-state index is -1.66. The number of unbranched alkanes of at least 4 members (excludes halogenated alkanes) is 3. The maximum atomic E-state index is 14.1. The van der Waals surface area contributed by atoms with E-state index < -0.39 is 137 Å². The van der Waals surface area contributed by atoms with Crippen LogP contribution in [-0.4, -0.2) is 390 Å². The van der Waals surface area contributed by atoms with Crippen LogP contribution in [0.3, 0.4) is 0 Å². The van der Waals surface area contributed by atoms with Crippen molar-refractivity contribution in [2.45, 2.75) is 177 Å². The average molecular weight is 1980 g/mol. The molecule has 3 saturated heterocycles. The average Bonchev–Trinajstić information content (AvgIpc) is 1.70. The van der Waals surface area contributed by atoms with Crippen molar-refractivity contribution < 1.29 is 130 Å². The number of benzene rings is 2. The number of amides is 13. The van der Waals surface area contributed by atoms with Crippen LogP contribution in [0.1, 0.15) is 133 Å². The van der Waals surface area contributed by atoms with Crippen molar-refractivity contribution in [1.82, 2.24) is 98.0 Å². The van der Waals surface area contributed by atoms with Gasteiger partial charge in [-0.3, -0.25) is 121 Å². The number of likely N-dealkylation sites (tertiary alicyclic amines) is 1. The maximum absolute atomic E-state index is 14.1. The number of aliphatic carboxylic acids is 4. The third-order valence-electron chi connectivity index (χ3n) is 21.9. The fourth-order valence-corrected chi connectivity index (χ4v) is 15.8. The van der Waals surface area contributed by atoms with E-state index in [4.69, 9.17) is 30.1 Å². The molecule has 139 heavy (non-hydrogen) atoms. The number of carboxylic acid groups (broad SMARTS) is 4. The lowest BCUT2D eigenvalue weighted by Gasteiger charge is -2.32. The molecule has 3 aromatic rings. The lowest BCUT2D eigenvalue weighted by atomic mass is 10.0. The van der Waals surface area contributed by atoms with E-state index in [1.807, 2.05) is 0 Å². The second-order valence-electron chi connectivity index (χ2n) is 33.4. The van der Waals surface area contributed by atoms with Gasteiger partial charge in [-0.15, -0.1) is 16.9 Å². The Morgan fingerprint density at radius 2 is 1.06 bits per heavy atom. The van der Waals surface area contributed by atoms with Gasteiger partial charge in [0, 0.05) is 129 Å². The third kappa shape index (κ3) is 50.0. The number of hydrogen-bond acceptors (Lipinski definition) is 31. The van der Waals surface area contributed by atoms with Crippen LogP contribution in [-0.2, 0) is 136 Å². The summed E-state index contributed by atoms with van der Waals surface area (Å²) in [5, 5.41) is 85.0. The van der Waals surface area contributed by atoms with E-state index in [2.05, 4.69) is 74.1 Å². The van der Waals surface area contributed by atoms with Gasteiger partial charge in [0.1, 0.15) is 54.0 Å². The van der Waals surface area contributed by atoms with Crippen LogP contribution >= 0.6 is 11.8 Å². The zero-order valence-corrected chi connectivity index (χ0v) is 79.2. The fraction of sp³-hybridized carbons (Fsp3) is 0.618. The van der Waals surface area contributed by atoms with Crippen LogP contribution in [0.4, 0.5) is 5.69 Å². The number of guanidine groups is 1. The predicted octanol–water partition coefficient (Wildman–Crippen LogP) is -4.41. The molecule has 4 heterocycles. The monoisotopic (exact) mass is 1970 g/mol. The molecule has 2 unspecified atom stereocenters. The number of ether oxygens (including phenoxy) is 4. The van der Waals surface area contributed by atoms with Crippen LogP contribution in [0.25, 0.3) is 0 Å². The quantitative estimate of drug-likeness (QED) is 0.00834. The molecule has 768 valence electrons. The number of thioether (sulfide) groups is 1. The summed E-state index contributed by atoms with van der Waals surface area (Å²) in [6, 6.07) is 8.90. The molecule has 3 aliphatic rings. The van der Waals surface area contributed by atoms with Gasteiger partial charge in [-0.1, -0.05) is 47.7 Å². The molecule has 19 N–H and O–H groups in total. The highest BCUT2D eigenvalue weighted by molar-refractivity contribution is 8.00. The third-order valence-corrected chi connectivity index (χ3v) is 23.2. The molecule has 6 atom stereocenters. The van der Waals surface area contributed by atoms with Crippen LogP contribution in [0, 0.1) is 5.41 Å². The van der Waals surface area contributed by atoms with Crippen molar-refractivity contribution in [2.75, 3.05) is 182 Å². The van der Waals surface area contributed by atoms with E-state index in [0.29, 0.717) is 61.2 Å². The Hall–Kier alpha value is -12.6. The summed E-state index contributed by atoms with van der Waals surface area (Å²) >= 11 is 1.28. The summed E-state index contributed by atoms with van der Waals surface area (Å²) < 4.78 is 23.7. The van der Waals surface area contributed by atoms with Crippen molar-refractivity contribution >= 4 is 136 Å². The van der Waals surface area contributed by atoms with Gasteiger partial charge >= 0.3 is 23.9 Å². The number of carbonyl (C=O) groups excluding carboxylic acids is 15. The molecule has 50 heteroatoms. The molecule has 13 amide bonds. The smallest absolute Gasteiger partial charge is 0.317 e. The molecule has 0 spiro atoms. The van der Waals surface area contributed by atoms with Gasteiger partial charge in [0.15, 0.2) is 5.96 Å². The van der Waals surface area contributed by atoms with Gasteiger partial charge in [-0.05, 0) is 107 Å². The topological polar surface area (TPSA) is 683 Å². The number of nitrogens with zero attached hydrogens (tertiary/aromatic N) is 8. The van der Waals surface area contributed by atoms with Crippen molar-refractivity contribution in [3.63, 3.8) is 0 Å². The highest BCUT2D eigenvalue weighted by Gasteiger charge is 2.40. The van der Waals surface area contributed by atoms with Crippen molar-refractivity contribution in [2.24, 2.45) is 5.73 Å². The summed E-state index contributed by atoms with van der Waals surface area (Å²) in [5.41, 5.74) is 7.79. The second kappa shape index (κ2) is 65.3.